The van der Waals surface area contributed by atoms with Gasteiger partial charge in [0.2, 0.25) is 5.91 Å². The molecule has 6 nitrogen and oxygen atoms in total. The number of hydrogen-bond acceptors (Lipinski definition) is 4. The van der Waals surface area contributed by atoms with Gasteiger partial charge in [-0.2, -0.15) is 13.2 Å². The number of ether oxygens (including phenoxy) is 1. The van der Waals surface area contributed by atoms with E-state index in [4.69, 9.17) is 4.74 Å². The summed E-state index contributed by atoms with van der Waals surface area (Å²) in [6, 6.07) is 8.81. The van der Waals surface area contributed by atoms with Gasteiger partial charge in [0.1, 0.15) is 11.8 Å². The van der Waals surface area contributed by atoms with E-state index >= 15 is 0 Å². The average Bonchev–Trinajstić information content (AvgIpc) is 2.65. The van der Waals surface area contributed by atoms with Gasteiger partial charge >= 0.3 is 6.18 Å². The van der Waals surface area contributed by atoms with Gasteiger partial charge in [0.15, 0.2) is 0 Å². The molecular weight excluding hydrogens is 365 g/mol. The Morgan fingerprint density at radius 1 is 1.15 bits per heavy atom. The number of hydrogen-bond donors (Lipinski definition) is 3. The van der Waals surface area contributed by atoms with Crippen LogP contribution in [0.2, 0.25) is 0 Å². The Balaban J connectivity index is 2.08. The molecule has 0 unspecified atom stereocenters. The molecule has 2 amide bonds. The lowest BCUT2D eigenvalue weighted by atomic mass is 10.1. The molecule has 9 heteroatoms. The minimum absolute atomic E-state index is 0.107. The van der Waals surface area contributed by atoms with Crippen LogP contribution in [0.1, 0.15) is 15.9 Å². The molecule has 144 valence electrons. The van der Waals surface area contributed by atoms with Crippen LogP contribution in [-0.2, 0) is 11.0 Å². The standard InChI is InChI=1S/C18H17F3N2O4/c1-27-14-7-2-4-11(8-14)16(25)23-15(10-24)17(26)22-13-6-3-5-12(9-13)18(19,20)21/h2-9,15,24H,10H2,1H3,(H,22,26)(H,23,25)/t15-/m0/s1. The number of carbonyl (C=O) groups excluding carboxylic acids is 2. The van der Waals surface area contributed by atoms with Gasteiger partial charge in [0.25, 0.3) is 5.91 Å². The highest BCUT2D eigenvalue weighted by Crippen LogP contribution is 2.30. The van der Waals surface area contributed by atoms with E-state index in [2.05, 4.69) is 10.6 Å². The molecule has 0 spiro atoms. The van der Waals surface area contributed by atoms with Crippen molar-refractivity contribution in [1.29, 1.82) is 0 Å². The molecule has 1 atom stereocenters. The van der Waals surface area contributed by atoms with Crippen molar-refractivity contribution in [2.24, 2.45) is 0 Å². The summed E-state index contributed by atoms with van der Waals surface area (Å²) >= 11 is 0. The quantitative estimate of drug-likeness (QED) is 0.716. The maximum Gasteiger partial charge on any atom is 0.416 e. The lowest BCUT2D eigenvalue weighted by Gasteiger charge is -2.17. The molecule has 2 rings (SSSR count). The molecule has 0 aliphatic carbocycles. The van der Waals surface area contributed by atoms with Crippen molar-refractivity contribution in [2.75, 3.05) is 19.0 Å². The second-order valence-electron chi connectivity index (χ2n) is 5.51. The zero-order valence-electron chi connectivity index (χ0n) is 14.2. The summed E-state index contributed by atoms with van der Waals surface area (Å²) in [5, 5.41) is 13.9. The molecule has 0 heterocycles. The smallest absolute Gasteiger partial charge is 0.416 e. The van der Waals surface area contributed by atoms with Crippen molar-refractivity contribution in [1.82, 2.24) is 5.32 Å². The summed E-state index contributed by atoms with van der Waals surface area (Å²) < 4.78 is 43.2. The topological polar surface area (TPSA) is 87.7 Å². The van der Waals surface area contributed by atoms with Crippen LogP contribution in [0, 0.1) is 0 Å². The molecule has 0 saturated heterocycles. The minimum Gasteiger partial charge on any atom is -0.497 e. The largest absolute Gasteiger partial charge is 0.497 e. The molecule has 0 fully saturated rings. The average molecular weight is 382 g/mol. The lowest BCUT2D eigenvalue weighted by Crippen LogP contribution is -2.46. The van der Waals surface area contributed by atoms with Gasteiger partial charge in [-0.15, -0.1) is 0 Å². The molecule has 0 aromatic heterocycles. The fourth-order valence-corrected chi connectivity index (χ4v) is 2.20. The van der Waals surface area contributed by atoms with Crippen molar-refractivity contribution >= 4 is 17.5 Å². The van der Waals surface area contributed by atoms with Gasteiger partial charge in [-0.3, -0.25) is 9.59 Å². The van der Waals surface area contributed by atoms with Crippen LogP contribution in [0.3, 0.4) is 0 Å². The summed E-state index contributed by atoms with van der Waals surface area (Å²) in [5.41, 5.74) is -0.843. The third-order valence-corrected chi connectivity index (χ3v) is 3.59. The molecule has 2 aromatic rings. The molecule has 0 aliphatic rings. The Morgan fingerprint density at radius 3 is 2.48 bits per heavy atom. The third-order valence-electron chi connectivity index (χ3n) is 3.59. The van der Waals surface area contributed by atoms with E-state index in [0.717, 1.165) is 18.2 Å². The molecule has 0 radical (unpaired) electrons. The van der Waals surface area contributed by atoms with E-state index < -0.39 is 36.2 Å². The number of aliphatic hydroxyl groups excluding tert-OH is 1. The van der Waals surface area contributed by atoms with Crippen LogP contribution < -0.4 is 15.4 Å². The first-order valence-corrected chi connectivity index (χ1v) is 7.78. The summed E-state index contributed by atoms with van der Waals surface area (Å²) in [5.74, 6) is -1.07. The van der Waals surface area contributed by atoms with Gasteiger partial charge in [0, 0.05) is 11.3 Å². The van der Waals surface area contributed by atoms with E-state index in [1.54, 1.807) is 12.1 Å². The number of halogens is 3. The number of methoxy groups -OCH3 is 1. The highest BCUT2D eigenvalue weighted by Gasteiger charge is 2.30. The first kappa shape index (κ1) is 20.2. The summed E-state index contributed by atoms with van der Waals surface area (Å²) in [7, 11) is 1.43. The number of amides is 2. The second-order valence-corrected chi connectivity index (χ2v) is 5.51. The van der Waals surface area contributed by atoms with Crippen molar-refractivity contribution in [3.05, 3.63) is 59.7 Å². The predicted octanol–water partition coefficient (Wildman–Crippen LogP) is 2.44. The van der Waals surface area contributed by atoms with Crippen LogP contribution in [-0.4, -0.2) is 36.7 Å². The first-order valence-electron chi connectivity index (χ1n) is 7.78. The number of aliphatic hydroxyl groups is 1. The monoisotopic (exact) mass is 382 g/mol. The SMILES string of the molecule is COc1cccc(C(=O)N[C@@H](CO)C(=O)Nc2cccc(C(F)(F)F)c2)c1. The van der Waals surface area contributed by atoms with E-state index in [9.17, 15) is 27.9 Å². The Bertz CT molecular complexity index is 824. The molecule has 0 bridgehead atoms. The van der Waals surface area contributed by atoms with Crippen LogP contribution >= 0.6 is 0 Å². The first-order chi connectivity index (χ1) is 12.7. The van der Waals surface area contributed by atoms with Gasteiger partial charge < -0.3 is 20.5 Å². The lowest BCUT2D eigenvalue weighted by molar-refractivity contribution is -0.137. The van der Waals surface area contributed by atoms with E-state index in [0.29, 0.717) is 5.75 Å². The van der Waals surface area contributed by atoms with Gasteiger partial charge in [0.05, 0.1) is 19.3 Å². The van der Waals surface area contributed by atoms with Gasteiger partial charge in [-0.1, -0.05) is 12.1 Å². The normalized spacial score (nSPS) is 12.2. The zero-order valence-corrected chi connectivity index (χ0v) is 14.2. The summed E-state index contributed by atoms with van der Waals surface area (Å²) in [6.07, 6.45) is -4.56. The van der Waals surface area contributed by atoms with Crippen LogP contribution in [0.4, 0.5) is 18.9 Å². The van der Waals surface area contributed by atoms with Crippen LogP contribution in [0.15, 0.2) is 48.5 Å². The predicted molar refractivity (Wildman–Crippen MR) is 91.4 cm³/mol. The van der Waals surface area contributed by atoms with E-state index in [-0.39, 0.29) is 11.3 Å². The van der Waals surface area contributed by atoms with Crippen molar-refractivity contribution in [3.63, 3.8) is 0 Å². The number of anilines is 1. The Hall–Kier alpha value is -3.07. The number of nitrogens with one attached hydrogen (secondary N) is 2. The Labute approximate surface area is 153 Å². The number of carbonyl (C=O) groups is 2. The van der Waals surface area contributed by atoms with Crippen molar-refractivity contribution < 1.29 is 32.6 Å². The number of rotatable bonds is 6. The van der Waals surface area contributed by atoms with Gasteiger partial charge in [-0.25, -0.2) is 0 Å². The van der Waals surface area contributed by atoms with Gasteiger partial charge in [-0.05, 0) is 36.4 Å². The molecule has 2 aromatic carbocycles. The van der Waals surface area contributed by atoms with E-state index in [1.807, 2.05) is 0 Å². The fourth-order valence-electron chi connectivity index (χ4n) is 2.20. The maximum atomic E-state index is 12.7. The second kappa shape index (κ2) is 8.54. The summed E-state index contributed by atoms with van der Waals surface area (Å²) in [6.45, 7) is -0.736. The fraction of sp³-hybridized carbons (Fsp3) is 0.222. The maximum absolute atomic E-state index is 12.7. The Morgan fingerprint density at radius 2 is 1.85 bits per heavy atom. The molecule has 0 saturated carbocycles. The number of benzene rings is 2. The minimum atomic E-state index is -4.56. The molecular formula is C18H17F3N2O4. The summed E-state index contributed by atoms with van der Waals surface area (Å²) in [4.78, 5) is 24.4. The Kier molecular flexibility index (Phi) is 6.40. The number of alkyl halides is 3. The molecule has 27 heavy (non-hydrogen) atoms. The molecule has 0 aliphatic heterocycles. The highest BCUT2D eigenvalue weighted by molar-refractivity contribution is 6.01. The van der Waals surface area contributed by atoms with Crippen molar-refractivity contribution in [3.8, 4) is 5.75 Å². The molecule has 3 N–H and O–H groups in total. The highest BCUT2D eigenvalue weighted by atomic mass is 19.4. The zero-order chi connectivity index (χ0) is 20.0. The third kappa shape index (κ3) is 5.45. The van der Waals surface area contributed by atoms with E-state index in [1.165, 1.54) is 25.3 Å². The van der Waals surface area contributed by atoms with Crippen LogP contribution in [0.25, 0.3) is 0 Å². The van der Waals surface area contributed by atoms with Crippen LogP contribution in [0.5, 0.6) is 5.75 Å². The van der Waals surface area contributed by atoms with Crippen molar-refractivity contribution in [2.45, 2.75) is 12.2 Å².